The standard InChI is InChI=1S/C12H14N2.C12H17N.C11H11F3N2.C11H12N2.2C10H12N2.C9H10N2/c1-9(2)10-5-4-6-11(7-10)12(8-13)14-3;1-8(2)11-6-7-12(9(11)3)10(4)13-5;1-8(2)4-9(6-11(12,13)14)5-10(7-15)16-3;1-10(2)7-5-4-6-8-11(9-12)13-3;1-8(2)5-9(3)6-10(7-11)12-4;1-8(2)5-6-9(3)10(7-11)12-4;1-8(2)5-4-6-9(7-10)11-3/h7,9H,4-6H2,1-2H3;8H,6-7H2,1-4H3;4-5,8H,6H2,1-2H3;4-8,10H,1-2H3;2*5-6,8H,1-3H3;4-6,8H,1-2H3/b12-11-;12-10-;9-4+,10-5+;6-4+,7-5+,11-8-;9-5+,10-6-;6-5+,10-9-;5-4+,9-6-. The van der Waals surface area contributed by atoms with Crippen molar-refractivity contribution >= 4 is 0 Å². The van der Waals surface area contributed by atoms with Gasteiger partial charge in [0.15, 0.2) is 5.70 Å². The highest BCUT2D eigenvalue weighted by Crippen LogP contribution is 2.37. The van der Waals surface area contributed by atoms with E-state index in [9.17, 15) is 13.2 Å². The normalized spacial score (nSPS) is 14.8. The van der Waals surface area contributed by atoms with E-state index >= 15 is 0 Å². The maximum atomic E-state index is 12.2. The molecule has 0 N–H and O–H groups in total. The van der Waals surface area contributed by atoms with Crippen LogP contribution in [-0.4, -0.2) is 6.18 Å². The van der Waals surface area contributed by atoms with Crippen LogP contribution in [0, 0.1) is 155 Å². The van der Waals surface area contributed by atoms with Gasteiger partial charge in [-0.3, -0.25) is 0 Å². The lowest BCUT2D eigenvalue weighted by Crippen LogP contribution is -2.08. The summed E-state index contributed by atoms with van der Waals surface area (Å²) in [5, 5.41) is 50.9. The third-order valence-electron chi connectivity index (χ3n) is 11.6. The topological polar surface area (TPSA) is 173 Å². The summed E-state index contributed by atoms with van der Waals surface area (Å²) >= 11 is 0. The largest absolute Gasteiger partial charge is 0.392 e. The molecule has 474 valence electrons. The summed E-state index contributed by atoms with van der Waals surface area (Å²) < 4.78 is 36.6. The first-order valence-corrected chi connectivity index (χ1v) is 29.2. The molecule has 2 aliphatic carbocycles. The molecule has 0 aliphatic heterocycles. The summed E-state index contributed by atoms with van der Waals surface area (Å²) in [5.41, 5.74) is 9.52. The van der Waals surface area contributed by atoms with Crippen LogP contribution in [0.3, 0.4) is 0 Å². The number of nitriles is 6. The fourth-order valence-electron chi connectivity index (χ4n) is 7.38. The maximum Gasteiger partial charge on any atom is 0.392 e. The highest BCUT2D eigenvalue weighted by Gasteiger charge is 2.28. The molecule has 0 unspecified atom stereocenters. The van der Waals surface area contributed by atoms with E-state index in [1.807, 2.05) is 108 Å². The smallest absolute Gasteiger partial charge is 0.243 e. The molecule has 0 fully saturated rings. The molecule has 0 saturated carbocycles. The molecule has 0 aromatic carbocycles. The van der Waals surface area contributed by atoms with Gasteiger partial charge in [0.25, 0.3) is 34.2 Å². The Labute approximate surface area is 544 Å². The number of alkyl halides is 3. The molecule has 16 heteroatoms. The van der Waals surface area contributed by atoms with Crippen molar-refractivity contribution in [3.8, 4) is 36.4 Å². The molecule has 0 aromatic heterocycles. The summed E-state index contributed by atoms with van der Waals surface area (Å²) in [4.78, 5) is 21.8. The summed E-state index contributed by atoms with van der Waals surface area (Å²) in [6.07, 6.45) is 25.8. The molecule has 2 aliphatic rings. The first-order chi connectivity index (χ1) is 42.7. The second-order valence-corrected chi connectivity index (χ2v) is 22.3. The zero-order valence-corrected chi connectivity index (χ0v) is 56.4. The Balaban J connectivity index is -0.000000317. The third-order valence-corrected chi connectivity index (χ3v) is 11.6. The van der Waals surface area contributed by atoms with E-state index in [0.29, 0.717) is 35.5 Å². The predicted molar refractivity (Wildman–Crippen MR) is 361 cm³/mol. The van der Waals surface area contributed by atoms with Gasteiger partial charge in [-0.25, -0.2) is 65.5 Å². The van der Waals surface area contributed by atoms with Gasteiger partial charge in [-0.05, 0) is 142 Å². The summed E-state index contributed by atoms with van der Waals surface area (Å²) in [6.45, 7) is 83.4. The lowest BCUT2D eigenvalue weighted by molar-refractivity contribution is -0.126. The van der Waals surface area contributed by atoms with Crippen molar-refractivity contribution in [3.05, 3.63) is 256 Å². The average Bonchev–Trinajstić information content (AvgIpc) is 2.49. The Kier molecular flexibility index (Phi) is 52.3. The number of hydrogen-bond acceptors (Lipinski definition) is 6. The molecule has 0 amide bonds. The Morgan fingerprint density at radius 2 is 1.00 bits per heavy atom. The van der Waals surface area contributed by atoms with Crippen molar-refractivity contribution in [2.24, 2.45) is 41.4 Å². The lowest BCUT2D eigenvalue weighted by atomic mass is 9.88. The minimum atomic E-state index is -4.33. The third kappa shape index (κ3) is 49.0. The van der Waals surface area contributed by atoms with E-state index in [1.165, 1.54) is 46.6 Å². The van der Waals surface area contributed by atoms with Crippen LogP contribution in [0.25, 0.3) is 33.9 Å². The van der Waals surface area contributed by atoms with Gasteiger partial charge in [-0.15, -0.1) is 0 Å². The van der Waals surface area contributed by atoms with E-state index in [4.69, 9.17) is 77.6 Å². The Bertz CT molecular complexity index is 3370. The van der Waals surface area contributed by atoms with E-state index in [1.54, 1.807) is 51.1 Å². The van der Waals surface area contributed by atoms with Gasteiger partial charge in [0.2, 0.25) is 0 Å². The van der Waals surface area contributed by atoms with Crippen LogP contribution in [0.15, 0.2) is 176 Å². The van der Waals surface area contributed by atoms with E-state index in [2.05, 4.69) is 96.2 Å². The van der Waals surface area contributed by atoms with Gasteiger partial charge in [0.1, 0.15) is 0 Å². The van der Waals surface area contributed by atoms with Crippen molar-refractivity contribution < 1.29 is 13.2 Å². The number of nitrogens with zero attached hydrogens (tertiary/aromatic N) is 13. The molecule has 0 spiro atoms. The fraction of sp³-hybridized carbons (Fsp3) is 0.427. The van der Waals surface area contributed by atoms with Gasteiger partial charge >= 0.3 is 6.18 Å². The number of halogens is 3. The van der Waals surface area contributed by atoms with Crippen molar-refractivity contribution in [2.75, 3.05) is 0 Å². The first-order valence-electron chi connectivity index (χ1n) is 29.2. The zero-order chi connectivity index (χ0) is 71.2. The Morgan fingerprint density at radius 3 is 1.37 bits per heavy atom. The predicted octanol–water partition coefficient (Wildman–Crippen LogP) is 22.7. The molecule has 91 heavy (non-hydrogen) atoms. The number of allylic oxidation sites excluding steroid dienone is 30. The minimum Gasteiger partial charge on any atom is -0.243 e. The van der Waals surface area contributed by atoms with Crippen LogP contribution in [0.2, 0.25) is 0 Å². The van der Waals surface area contributed by atoms with Crippen LogP contribution >= 0.6 is 0 Å². The SMILES string of the molecule is [C-]#[N+]/C(C#N)=C(C)\C=C\C(C)C.[C-]#[N+]/C(C#N)=C/C(=C\C(C)C)CC(F)(F)F.[C-]#[N+]/C(C#N)=C1\C=C(C(C)C)CCC1.[C-]#[N+]/C(C#N)=C\C(C)=C\C(C)C.[C-]#[N+]/C(C#N)=C\C=C\C(C)C.[C-]#[N+]/C(C)=C1/CCC(C(C)C)=C1C.[C-]#[N+]\C(C#N)=C/C=C/C=C/C(C)C. The van der Waals surface area contributed by atoms with Crippen molar-refractivity contribution in [1.82, 2.24) is 0 Å². The average molecular weight is 1230 g/mol. The molecule has 0 bridgehead atoms. The minimum absolute atomic E-state index is 0.0462. The van der Waals surface area contributed by atoms with Crippen LogP contribution < -0.4 is 0 Å². The molecule has 0 heterocycles. The first kappa shape index (κ1) is 89.0. The van der Waals surface area contributed by atoms with Crippen LogP contribution in [0.5, 0.6) is 0 Å². The maximum absolute atomic E-state index is 12.2. The summed E-state index contributed by atoms with van der Waals surface area (Å²) in [5.74, 6) is 2.96. The second-order valence-electron chi connectivity index (χ2n) is 22.3. The molecule has 0 aromatic rings. The van der Waals surface area contributed by atoms with Gasteiger partial charge < -0.3 is 0 Å². The van der Waals surface area contributed by atoms with Crippen LogP contribution in [-0.2, 0) is 0 Å². The molecular formula is C75H88F3N13. The zero-order valence-electron chi connectivity index (χ0n) is 56.4. The summed E-state index contributed by atoms with van der Waals surface area (Å²) in [6, 6.07) is 10.7. The summed E-state index contributed by atoms with van der Waals surface area (Å²) in [7, 11) is 0. The van der Waals surface area contributed by atoms with E-state index < -0.39 is 12.6 Å². The Hall–Kier alpha value is -10.7. The van der Waals surface area contributed by atoms with Crippen LogP contribution in [0.4, 0.5) is 13.2 Å². The Morgan fingerprint density at radius 1 is 0.516 bits per heavy atom. The monoisotopic (exact) mass is 1230 g/mol. The highest BCUT2D eigenvalue weighted by molar-refractivity contribution is 5.45. The van der Waals surface area contributed by atoms with E-state index in [0.717, 1.165) is 60.6 Å². The molecule has 13 nitrogen and oxygen atoms in total. The second kappa shape index (κ2) is 53.5. The van der Waals surface area contributed by atoms with Gasteiger partial charge in [0, 0.05) is 0 Å². The number of rotatable bonds is 14. The molecule has 0 atom stereocenters. The van der Waals surface area contributed by atoms with Gasteiger partial charge in [-0.1, -0.05) is 192 Å². The fourth-order valence-corrected chi connectivity index (χ4v) is 7.38. The number of hydrogen-bond donors (Lipinski definition) is 0. The molecule has 0 radical (unpaired) electrons. The van der Waals surface area contributed by atoms with Crippen molar-refractivity contribution in [3.63, 3.8) is 0 Å². The molecule has 2 rings (SSSR count). The van der Waals surface area contributed by atoms with E-state index in [-0.39, 0.29) is 45.7 Å². The lowest BCUT2D eigenvalue weighted by Gasteiger charge is -2.18. The van der Waals surface area contributed by atoms with Gasteiger partial charge in [0.05, 0.1) is 88.8 Å². The van der Waals surface area contributed by atoms with Crippen molar-refractivity contribution in [2.45, 2.75) is 169 Å². The van der Waals surface area contributed by atoms with Crippen LogP contribution in [0.1, 0.15) is 163 Å². The quantitative estimate of drug-likeness (QED) is 0.0951. The van der Waals surface area contributed by atoms with Gasteiger partial charge in [-0.2, -0.15) is 13.2 Å². The molecular weight excluding hydrogens is 1140 g/mol. The molecule has 0 saturated heterocycles. The van der Waals surface area contributed by atoms with Crippen molar-refractivity contribution in [1.29, 1.82) is 31.6 Å². The highest BCUT2D eigenvalue weighted by atomic mass is 19.4.